The van der Waals surface area contributed by atoms with Gasteiger partial charge in [-0.05, 0) is 50.5 Å². The van der Waals surface area contributed by atoms with Crippen LogP contribution in [0.2, 0.25) is 0 Å². The Bertz CT molecular complexity index is 517. The van der Waals surface area contributed by atoms with Crippen LogP contribution < -0.4 is 5.32 Å². The van der Waals surface area contributed by atoms with E-state index in [-0.39, 0.29) is 0 Å². The van der Waals surface area contributed by atoms with Crippen LogP contribution in [-0.2, 0) is 13.0 Å². The molecule has 0 aliphatic carbocycles. The number of hydrogen-bond donors (Lipinski definition) is 1. The first-order chi connectivity index (χ1) is 8.60. The molecule has 0 atom stereocenters. The van der Waals surface area contributed by atoms with Crippen LogP contribution in [0.25, 0.3) is 0 Å². The van der Waals surface area contributed by atoms with Gasteiger partial charge in [0.25, 0.3) is 0 Å². The van der Waals surface area contributed by atoms with Gasteiger partial charge in [-0.3, -0.25) is 0 Å². The van der Waals surface area contributed by atoms with Crippen molar-refractivity contribution in [1.82, 2.24) is 0 Å². The molecule has 18 heavy (non-hydrogen) atoms. The zero-order valence-electron chi connectivity index (χ0n) is 11.6. The summed E-state index contributed by atoms with van der Waals surface area (Å²) in [4.78, 5) is 2.87. The zero-order chi connectivity index (χ0) is 13.1. The van der Waals surface area contributed by atoms with Crippen LogP contribution in [-0.4, -0.2) is 0 Å². The number of thiophene rings is 1. The first kappa shape index (κ1) is 13.2. The van der Waals surface area contributed by atoms with Gasteiger partial charge in [-0.25, -0.2) is 0 Å². The van der Waals surface area contributed by atoms with Crippen molar-refractivity contribution >= 4 is 17.0 Å². The van der Waals surface area contributed by atoms with Gasteiger partial charge < -0.3 is 5.32 Å². The molecule has 0 bridgehead atoms. The fourth-order valence-corrected chi connectivity index (χ4v) is 3.24. The van der Waals surface area contributed by atoms with E-state index >= 15 is 0 Å². The third-order valence-electron chi connectivity index (χ3n) is 3.18. The van der Waals surface area contributed by atoms with Crippen molar-refractivity contribution in [2.24, 2.45) is 0 Å². The average molecular weight is 259 g/mol. The Morgan fingerprint density at radius 1 is 1.00 bits per heavy atom. The van der Waals surface area contributed by atoms with E-state index in [1.54, 1.807) is 0 Å². The highest BCUT2D eigenvalue weighted by atomic mass is 32.1. The van der Waals surface area contributed by atoms with Gasteiger partial charge in [0.2, 0.25) is 0 Å². The van der Waals surface area contributed by atoms with Gasteiger partial charge in [-0.15, -0.1) is 11.3 Å². The van der Waals surface area contributed by atoms with Crippen molar-refractivity contribution in [3.05, 3.63) is 50.7 Å². The second-order valence-electron chi connectivity index (χ2n) is 4.85. The van der Waals surface area contributed by atoms with Crippen molar-refractivity contribution in [3.8, 4) is 0 Å². The van der Waals surface area contributed by atoms with E-state index in [9.17, 15) is 0 Å². The van der Waals surface area contributed by atoms with E-state index in [1.807, 2.05) is 11.3 Å². The Morgan fingerprint density at radius 2 is 1.61 bits per heavy atom. The molecule has 96 valence electrons. The topological polar surface area (TPSA) is 12.0 Å². The van der Waals surface area contributed by atoms with E-state index in [1.165, 1.54) is 32.1 Å². The lowest BCUT2D eigenvalue weighted by atomic mass is 10.1. The summed E-state index contributed by atoms with van der Waals surface area (Å²) >= 11 is 1.90. The second-order valence-corrected chi connectivity index (χ2v) is 6.10. The predicted octanol–water partition coefficient (Wildman–Crippen LogP) is 4.85. The Hall–Kier alpha value is -1.28. The molecule has 0 radical (unpaired) electrons. The molecule has 1 aromatic heterocycles. The largest absolute Gasteiger partial charge is 0.380 e. The molecule has 0 fully saturated rings. The van der Waals surface area contributed by atoms with Crippen LogP contribution in [0.1, 0.15) is 33.4 Å². The summed E-state index contributed by atoms with van der Waals surface area (Å²) in [5.41, 5.74) is 5.28. The van der Waals surface area contributed by atoms with Gasteiger partial charge in [0.05, 0.1) is 0 Å². The lowest BCUT2D eigenvalue weighted by molar-refractivity contribution is 1.16. The minimum Gasteiger partial charge on any atom is -0.380 e. The molecule has 0 unspecified atom stereocenters. The minimum absolute atomic E-state index is 0.926. The fraction of sp³-hybridized carbons (Fsp3) is 0.375. The Balaban J connectivity index is 2.10. The molecule has 1 nitrogen and oxygen atoms in total. The molecular weight excluding hydrogens is 238 g/mol. The van der Waals surface area contributed by atoms with E-state index in [4.69, 9.17) is 0 Å². The SMILES string of the molecule is CCc1ccc(CNc2c(C)cc(C)cc2C)s1. The quantitative estimate of drug-likeness (QED) is 0.827. The summed E-state index contributed by atoms with van der Waals surface area (Å²) in [5, 5.41) is 3.57. The molecule has 0 spiro atoms. The molecule has 0 amide bonds. The van der Waals surface area contributed by atoms with E-state index in [0.29, 0.717) is 0 Å². The Morgan fingerprint density at radius 3 is 2.17 bits per heavy atom. The van der Waals surface area contributed by atoms with Crippen LogP contribution >= 0.6 is 11.3 Å². The first-order valence-electron chi connectivity index (χ1n) is 6.49. The maximum absolute atomic E-state index is 3.57. The maximum atomic E-state index is 3.57. The summed E-state index contributed by atoms with van der Waals surface area (Å²) in [6.45, 7) is 9.63. The molecule has 0 saturated carbocycles. The van der Waals surface area contributed by atoms with Crippen molar-refractivity contribution in [3.63, 3.8) is 0 Å². The summed E-state index contributed by atoms with van der Waals surface area (Å²) in [7, 11) is 0. The van der Waals surface area contributed by atoms with Gasteiger partial charge in [-0.1, -0.05) is 24.6 Å². The summed E-state index contributed by atoms with van der Waals surface area (Å²) in [6, 6.07) is 8.94. The third-order valence-corrected chi connectivity index (χ3v) is 4.41. The molecule has 0 aliphatic heterocycles. The van der Waals surface area contributed by atoms with Crippen molar-refractivity contribution in [2.75, 3.05) is 5.32 Å². The molecule has 0 saturated heterocycles. The molecule has 1 heterocycles. The summed E-state index contributed by atoms with van der Waals surface area (Å²) in [6.07, 6.45) is 1.13. The highest BCUT2D eigenvalue weighted by Crippen LogP contribution is 2.24. The van der Waals surface area contributed by atoms with E-state index in [0.717, 1.165) is 13.0 Å². The lowest BCUT2D eigenvalue weighted by Gasteiger charge is -2.13. The van der Waals surface area contributed by atoms with Crippen LogP contribution in [0.3, 0.4) is 0 Å². The average Bonchev–Trinajstić information content (AvgIpc) is 2.75. The van der Waals surface area contributed by atoms with E-state index < -0.39 is 0 Å². The van der Waals surface area contributed by atoms with Crippen molar-refractivity contribution in [2.45, 2.75) is 40.7 Å². The molecule has 2 aromatic rings. The predicted molar refractivity (Wildman–Crippen MR) is 81.7 cm³/mol. The number of benzene rings is 1. The Labute approximate surface area is 114 Å². The zero-order valence-corrected chi connectivity index (χ0v) is 12.4. The molecule has 0 aliphatic rings. The number of anilines is 1. The molecule has 2 heteroatoms. The maximum Gasteiger partial charge on any atom is 0.0494 e. The minimum atomic E-state index is 0.926. The monoisotopic (exact) mass is 259 g/mol. The lowest BCUT2D eigenvalue weighted by Crippen LogP contribution is -2.02. The summed E-state index contributed by atoms with van der Waals surface area (Å²) in [5.74, 6) is 0. The second kappa shape index (κ2) is 5.57. The number of rotatable bonds is 4. The number of aryl methyl sites for hydroxylation is 4. The first-order valence-corrected chi connectivity index (χ1v) is 7.31. The van der Waals surface area contributed by atoms with Gasteiger partial charge in [0.15, 0.2) is 0 Å². The Kier molecular flexibility index (Phi) is 4.07. The van der Waals surface area contributed by atoms with Crippen LogP contribution in [0.4, 0.5) is 5.69 Å². The van der Waals surface area contributed by atoms with Crippen molar-refractivity contribution < 1.29 is 0 Å². The van der Waals surface area contributed by atoms with Crippen LogP contribution in [0.15, 0.2) is 24.3 Å². The molecule has 2 rings (SSSR count). The number of hydrogen-bond acceptors (Lipinski definition) is 2. The normalized spacial score (nSPS) is 10.7. The smallest absolute Gasteiger partial charge is 0.0494 e. The third kappa shape index (κ3) is 2.94. The summed E-state index contributed by atoms with van der Waals surface area (Å²) < 4.78 is 0. The number of nitrogens with one attached hydrogen (secondary N) is 1. The standard InChI is InChI=1S/C16H21NS/c1-5-14-6-7-15(18-14)10-17-16-12(3)8-11(2)9-13(16)4/h6-9,17H,5,10H2,1-4H3. The van der Waals surface area contributed by atoms with Gasteiger partial charge >= 0.3 is 0 Å². The van der Waals surface area contributed by atoms with Gasteiger partial charge in [0, 0.05) is 22.0 Å². The van der Waals surface area contributed by atoms with Crippen molar-refractivity contribution in [1.29, 1.82) is 0 Å². The fourth-order valence-electron chi connectivity index (χ4n) is 2.34. The van der Waals surface area contributed by atoms with Gasteiger partial charge in [0.1, 0.15) is 0 Å². The molecule has 1 N–H and O–H groups in total. The van der Waals surface area contributed by atoms with E-state index in [2.05, 4.69) is 57.3 Å². The highest BCUT2D eigenvalue weighted by molar-refractivity contribution is 7.12. The van der Waals surface area contributed by atoms with Crippen LogP contribution in [0, 0.1) is 20.8 Å². The highest BCUT2D eigenvalue weighted by Gasteiger charge is 2.04. The molecule has 1 aromatic carbocycles. The molecular formula is C16H21NS. The van der Waals surface area contributed by atoms with Gasteiger partial charge in [-0.2, -0.15) is 0 Å². The van der Waals surface area contributed by atoms with Crippen LogP contribution in [0.5, 0.6) is 0 Å².